The van der Waals surface area contributed by atoms with Gasteiger partial charge in [-0.25, -0.2) is 9.37 Å². The number of morpholine rings is 1. The molecule has 0 unspecified atom stereocenters. The Balaban J connectivity index is 1.39. The lowest BCUT2D eigenvalue weighted by Gasteiger charge is -2.26. The molecular formula is C21H21FN4O5. The van der Waals surface area contributed by atoms with E-state index in [9.17, 15) is 14.0 Å². The smallest absolute Gasteiger partial charge is 0.248 e. The van der Waals surface area contributed by atoms with Crippen molar-refractivity contribution in [2.24, 2.45) is 5.73 Å². The Morgan fingerprint density at radius 1 is 1.29 bits per heavy atom. The van der Waals surface area contributed by atoms with Crippen molar-refractivity contribution in [2.75, 3.05) is 32.9 Å². The normalized spacial score (nSPS) is 14.1. The predicted molar refractivity (Wildman–Crippen MR) is 108 cm³/mol. The van der Waals surface area contributed by atoms with Gasteiger partial charge in [-0.05, 0) is 24.6 Å². The van der Waals surface area contributed by atoms with E-state index in [0.717, 1.165) is 0 Å². The fraction of sp³-hybridized carbons (Fsp3) is 0.286. The number of imidazole rings is 1. The lowest BCUT2D eigenvalue weighted by Crippen LogP contribution is -2.42. The molecule has 0 bridgehead atoms. The van der Waals surface area contributed by atoms with Gasteiger partial charge in [0.2, 0.25) is 17.7 Å². The van der Waals surface area contributed by atoms with Crippen LogP contribution >= 0.6 is 0 Å². The van der Waals surface area contributed by atoms with E-state index in [1.807, 2.05) is 0 Å². The van der Waals surface area contributed by atoms with Crippen LogP contribution in [-0.2, 0) is 9.53 Å². The molecule has 1 saturated heterocycles. The van der Waals surface area contributed by atoms with Crippen LogP contribution in [0.5, 0.6) is 17.4 Å². The highest BCUT2D eigenvalue weighted by molar-refractivity contribution is 5.94. The third kappa shape index (κ3) is 4.75. The number of carbonyl (C=O) groups excluding carboxylic acids is 2. The average Bonchev–Trinajstić information content (AvgIpc) is 3.23. The summed E-state index contributed by atoms with van der Waals surface area (Å²) in [6, 6.07) is 7.24. The van der Waals surface area contributed by atoms with Crippen molar-refractivity contribution < 1.29 is 28.2 Å². The van der Waals surface area contributed by atoms with E-state index < -0.39 is 11.7 Å². The first-order valence-electron chi connectivity index (χ1n) is 9.73. The average molecular weight is 428 g/mol. The molecule has 0 saturated carbocycles. The molecule has 0 spiro atoms. The quantitative estimate of drug-likeness (QED) is 0.550. The first-order chi connectivity index (χ1) is 15.0. The Morgan fingerprint density at radius 2 is 2.16 bits per heavy atom. The lowest BCUT2D eigenvalue weighted by atomic mass is 10.2. The summed E-state index contributed by atoms with van der Waals surface area (Å²) in [5, 5.41) is 0. The standard InChI is InChI=1S/C21H21FN4O5/c22-17-10-16(30-6-1-4-25-5-7-29-12-19(25)27)2-3-18(17)31-20-9-14(21(23)28)8-15-11-24-13-26(15)20/h2-3,8-11,13H,1,4-7,12H2,(H2,23,28). The SMILES string of the molecule is NC(=O)c1cc(Oc2ccc(OCCCN3CCOCC3=O)cc2F)n2cncc2c1. The molecule has 9 nitrogen and oxygen atoms in total. The topological polar surface area (TPSA) is 108 Å². The first-order valence-corrected chi connectivity index (χ1v) is 9.73. The fourth-order valence-corrected chi connectivity index (χ4v) is 3.22. The number of fused-ring (bicyclic) bond motifs is 1. The number of rotatable bonds is 8. The van der Waals surface area contributed by atoms with Crippen molar-refractivity contribution in [3.05, 3.63) is 54.2 Å². The van der Waals surface area contributed by atoms with Crippen LogP contribution in [-0.4, -0.2) is 59.0 Å². The zero-order valence-corrected chi connectivity index (χ0v) is 16.6. The number of carbonyl (C=O) groups is 2. The van der Waals surface area contributed by atoms with E-state index in [1.54, 1.807) is 21.4 Å². The number of primary amides is 1. The van der Waals surface area contributed by atoms with Crippen molar-refractivity contribution in [1.82, 2.24) is 14.3 Å². The summed E-state index contributed by atoms with van der Waals surface area (Å²) in [7, 11) is 0. The molecule has 0 atom stereocenters. The molecule has 31 heavy (non-hydrogen) atoms. The molecule has 10 heteroatoms. The maximum Gasteiger partial charge on any atom is 0.248 e. The largest absolute Gasteiger partial charge is 0.493 e. The number of benzene rings is 1. The molecule has 162 valence electrons. The highest BCUT2D eigenvalue weighted by atomic mass is 19.1. The molecule has 1 aliphatic heterocycles. The summed E-state index contributed by atoms with van der Waals surface area (Å²) in [4.78, 5) is 29.0. The summed E-state index contributed by atoms with van der Waals surface area (Å²) >= 11 is 0. The van der Waals surface area contributed by atoms with Crippen molar-refractivity contribution in [3.63, 3.8) is 0 Å². The molecule has 3 heterocycles. The van der Waals surface area contributed by atoms with E-state index in [0.29, 0.717) is 44.0 Å². The predicted octanol–water partition coefficient (Wildman–Crippen LogP) is 1.99. The minimum Gasteiger partial charge on any atom is -0.493 e. The van der Waals surface area contributed by atoms with Crippen molar-refractivity contribution in [1.29, 1.82) is 0 Å². The highest BCUT2D eigenvalue weighted by Gasteiger charge is 2.18. The zero-order valence-electron chi connectivity index (χ0n) is 16.6. The van der Waals surface area contributed by atoms with Gasteiger partial charge in [-0.2, -0.15) is 0 Å². The van der Waals surface area contributed by atoms with E-state index in [2.05, 4.69) is 4.98 Å². The third-order valence-electron chi connectivity index (χ3n) is 4.81. The molecule has 3 aromatic rings. The number of pyridine rings is 1. The zero-order chi connectivity index (χ0) is 21.8. The molecule has 2 aromatic heterocycles. The fourth-order valence-electron chi connectivity index (χ4n) is 3.22. The number of hydrogen-bond donors (Lipinski definition) is 1. The Morgan fingerprint density at radius 3 is 2.94 bits per heavy atom. The monoisotopic (exact) mass is 428 g/mol. The van der Waals surface area contributed by atoms with Gasteiger partial charge in [-0.1, -0.05) is 0 Å². The summed E-state index contributed by atoms with van der Waals surface area (Å²) < 4.78 is 32.5. The van der Waals surface area contributed by atoms with E-state index in [-0.39, 0.29) is 29.7 Å². The van der Waals surface area contributed by atoms with Crippen molar-refractivity contribution in [3.8, 4) is 17.4 Å². The summed E-state index contributed by atoms with van der Waals surface area (Å²) in [5.41, 5.74) is 6.17. The molecular weight excluding hydrogens is 407 g/mol. The molecule has 0 radical (unpaired) electrons. The van der Waals surface area contributed by atoms with Crippen LogP contribution in [0.25, 0.3) is 5.52 Å². The van der Waals surface area contributed by atoms with Gasteiger partial charge < -0.3 is 24.8 Å². The number of halogens is 1. The number of amides is 2. The second-order valence-electron chi connectivity index (χ2n) is 6.96. The Labute approximate surface area is 177 Å². The van der Waals surface area contributed by atoms with Crippen molar-refractivity contribution in [2.45, 2.75) is 6.42 Å². The molecule has 2 amide bonds. The maximum absolute atomic E-state index is 14.6. The van der Waals surface area contributed by atoms with Crippen LogP contribution in [0.4, 0.5) is 4.39 Å². The number of hydrogen-bond acceptors (Lipinski definition) is 6. The van der Waals surface area contributed by atoms with Crippen LogP contribution in [0.1, 0.15) is 16.8 Å². The van der Waals surface area contributed by atoms with Crippen LogP contribution < -0.4 is 15.2 Å². The third-order valence-corrected chi connectivity index (χ3v) is 4.81. The van der Waals surface area contributed by atoms with Gasteiger partial charge in [0.1, 0.15) is 18.7 Å². The van der Waals surface area contributed by atoms with Crippen LogP contribution in [0, 0.1) is 5.82 Å². The number of ether oxygens (including phenoxy) is 3. The second kappa shape index (κ2) is 9.00. The van der Waals surface area contributed by atoms with Gasteiger partial charge in [0.25, 0.3) is 0 Å². The first kappa shape index (κ1) is 20.6. The van der Waals surface area contributed by atoms with Gasteiger partial charge >= 0.3 is 0 Å². The molecule has 1 fully saturated rings. The molecule has 1 aliphatic rings. The Kier molecular flexibility index (Phi) is 5.99. The minimum absolute atomic E-state index is 0.0359. The van der Waals surface area contributed by atoms with Crippen LogP contribution in [0.2, 0.25) is 0 Å². The Bertz CT molecular complexity index is 1120. The summed E-state index contributed by atoms with van der Waals surface area (Å²) in [5.74, 6) is -0.785. The molecule has 1 aromatic carbocycles. The van der Waals surface area contributed by atoms with Gasteiger partial charge in [0, 0.05) is 30.8 Å². The highest BCUT2D eigenvalue weighted by Crippen LogP contribution is 2.29. The van der Waals surface area contributed by atoms with Gasteiger partial charge in [0.15, 0.2) is 11.6 Å². The summed E-state index contributed by atoms with van der Waals surface area (Å²) in [6.07, 6.45) is 3.64. The molecule has 2 N–H and O–H groups in total. The van der Waals surface area contributed by atoms with E-state index in [1.165, 1.54) is 30.7 Å². The van der Waals surface area contributed by atoms with Crippen LogP contribution in [0.3, 0.4) is 0 Å². The van der Waals surface area contributed by atoms with Gasteiger partial charge in [-0.3, -0.25) is 14.0 Å². The molecule has 0 aliphatic carbocycles. The Hall–Kier alpha value is -3.66. The van der Waals surface area contributed by atoms with Crippen LogP contribution in [0.15, 0.2) is 42.9 Å². The number of nitrogens with two attached hydrogens (primary N) is 1. The summed E-state index contributed by atoms with van der Waals surface area (Å²) in [6.45, 7) is 2.11. The van der Waals surface area contributed by atoms with E-state index >= 15 is 0 Å². The second-order valence-corrected chi connectivity index (χ2v) is 6.96. The number of aromatic nitrogens is 2. The minimum atomic E-state index is -0.628. The lowest BCUT2D eigenvalue weighted by molar-refractivity contribution is -0.142. The van der Waals surface area contributed by atoms with E-state index in [4.69, 9.17) is 19.9 Å². The van der Waals surface area contributed by atoms with Crippen molar-refractivity contribution >= 4 is 17.3 Å². The van der Waals surface area contributed by atoms with Gasteiger partial charge in [-0.15, -0.1) is 0 Å². The maximum atomic E-state index is 14.6. The number of nitrogens with zero attached hydrogens (tertiary/aromatic N) is 3. The molecule has 4 rings (SSSR count). The van der Waals surface area contributed by atoms with Gasteiger partial charge in [0.05, 0.1) is 24.9 Å².